The van der Waals surface area contributed by atoms with Gasteiger partial charge in [-0.25, -0.2) is 4.79 Å². The van der Waals surface area contributed by atoms with Gasteiger partial charge in [0.2, 0.25) is 0 Å². The lowest BCUT2D eigenvalue weighted by Gasteiger charge is -2.33. The molecule has 0 aromatic heterocycles. The number of carbonyl (C=O) groups excluding carboxylic acids is 1. The van der Waals surface area contributed by atoms with Gasteiger partial charge >= 0.3 is 12.1 Å². The molecule has 1 heterocycles. The SMILES string of the molecule is CC1CCN(c2ccccc2C(N)=O)CC1.O=C(O)C(F)(F)F. The maximum Gasteiger partial charge on any atom is 0.490 e. The predicted molar refractivity (Wildman–Crippen MR) is 79.3 cm³/mol. The van der Waals surface area contributed by atoms with Gasteiger partial charge < -0.3 is 15.7 Å². The summed E-state index contributed by atoms with van der Waals surface area (Å²) in [5.41, 5.74) is 7.01. The minimum Gasteiger partial charge on any atom is -0.475 e. The molecule has 0 spiro atoms. The van der Waals surface area contributed by atoms with E-state index in [1.165, 1.54) is 12.8 Å². The van der Waals surface area contributed by atoms with Crippen molar-refractivity contribution in [2.45, 2.75) is 25.9 Å². The van der Waals surface area contributed by atoms with Crippen molar-refractivity contribution in [2.24, 2.45) is 11.7 Å². The van der Waals surface area contributed by atoms with Gasteiger partial charge in [-0.15, -0.1) is 0 Å². The number of nitrogens with two attached hydrogens (primary N) is 1. The molecule has 1 amide bonds. The summed E-state index contributed by atoms with van der Waals surface area (Å²) >= 11 is 0. The third kappa shape index (κ3) is 5.80. The minimum atomic E-state index is -5.08. The highest BCUT2D eigenvalue weighted by atomic mass is 19.4. The number of hydrogen-bond donors (Lipinski definition) is 2. The first kappa shape index (κ1) is 18.8. The standard InChI is InChI=1S/C13H18N2O.C2HF3O2/c1-10-6-8-15(9-7-10)12-5-3-2-4-11(12)13(14)16;3-2(4,5)1(6)7/h2-5,10H,6-9H2,1H3,(H2,14,16);(H,6,7). The van der Waals surface area contributed by atoms with E-state index < -0.39 is 12.1 Å². The normalized spacial score (nSPS) is 15.6. The molecule has 1 aromatic carbocycles. The van der Waals surface area contributed by atoms with E-state index in [9.17, 15) is 18.0 Å². The molecule has 1 aromatic rings. The first-order chi connectivity index (χ1) is 10.6. The Balaban J connectivity index is 0.000000322. The van der Waals surface area contributed by atoms with E-state index >= 15 is 0 Å². The van der Waals surface area contributed by atoms with Crippen LogP contribution in [-0.2, 0) is 4.79 Å². The fraction of sp³-hybridized carbons (Fsp3) is 0.467. The van der Waals surface area contributed by atoms with Gasteiger partial charge in [-0.05, 0) is 30.9 Å². The summed E-state index contributed by atoms with van der Waals surface area (Å²) in [7, 11) is 0. The van der Waals surface area contributed by atoms with Crippen molar-refractivity contribution in [1.29, 1.82) is 0 Å². The van der Waals surface area contributed by atoms with Crippen molar-refractivity contribution < 1.29 is 27.9 Å². The summed E-state index contributed by atoms with van der Waals surface area (Å²) in [6, 6.07) is 7.60. The van der Waals surface area contributed by atoms with Crippen LogP contribution in [0.3, 0.4) is 0 Å². The Hall–Kier alpha value is -2.25. The number of piperidine rings is 1. The van der Waals surface area contributed by atoms with E-state index in [0.29, 0.717) is 5.56 Å². The molecule has 0 radical (unpaired) electrons. The first-order valence-electron chi connectivity index (χ1n) is 7.06. The number of halogens is 3. The van der Waals surface area contributed by atoms with Crippen LogP contribution in [0, 0.1) is 5.92 Å². The number of carboxylic acids is 1. The Kier molecular flexibility index (Phi) is 6.41. The Morgan fingerprint density at radius 2 is 1.70 bits per heavy atom. The quantitative estimate of drug-likeness (QED) is 0.872. The number of primary amides is 1. The van der Waals surface area contributed by atoms with Crippen LogP contribution in [0.4, 0.5) is 18.9 Å². The molecule has 0 aliphatic carbocycles. The predicted octanol–water partition coefficient (Wildman–Crippen LogP) is 2.66. The highest BCUT2D eigenvalue weighted by molar-refractivity contribution is 5.98. The Labute approximate surface area is 131 Å². The van der Waals surface area contributed by atoms with Gasteiger partial charge in [0.15, 0.2) is 0 Å². The number of aliphatic carboxylic acids is 1. The Bertz CT molecular complexity index is 553. The van der Waals surface area contributed by atoms with Crippen molar-refractivity contribution in [2.75, 3.05) is 18.0 Å². The molecule has 1 fully saturated rings. The van der Waals surface area contributed by atoms with E-state index in [-0.39, 0.29) is 5.91 Å². The van der Waals surface area contributed by atoms with Crippen molar-refractivity contribution >= 4 is 17.6 Å². The molecule has 0 bridgehead atoms. The van der Waals surface area contributed by atoms with Crippen LogP contribution < -0.4 is 10.6 Å². The average molecular weight is 332 g/mol. The minimum absolute atomic E-state index is 0.339. The summed E-state index contributed by atoms with van der Waals surface area (Å²) in [6.07, 6.45) is -2.71. The Morgan fingerprint density at radius 3 is 2.13 bits per heavy atom. The zero-order valence-electron chi connectivity index (χ0n) is 12.6. The van der Waals surface area contributed by atoms with Gasteiger partial charge in [-0.1, -0.05) is 19.1 Å². The molecule has 0 atom stereocenters. The van der Waals surface area contributed by atoms with Gasteiger partial charge in [0.1, 0.15) is 0 Å². The molecular weight excluding hydrogens is 313 g/mol. The molecule has 1 aliphatic rings. The number of amides is 1. The topological polar surface area (TPSA) is 83.6 Å². The summed E-state index contributed by atoms with van der Waals surface area (Å²) in [5.74, 6) is -2.31. The van der Waals surface area contributed by atoms with Crippen molar-refractivity contribution in [3.05, 3.63) is 29.8 Å². The van der Waals surface area contributed by atoms with Crippen LogP contribution in [0.5, 0.6) is 0 Å². The van der Waals surface area contributed by atoms with Gasteiger partial charge in [-0.3, -0.25) is 4.79 Å². The molecule has 2 rings (SSSR count). The first-order valence-corrected chi connectivity index (χ1v) is 7.06. The number of alkyl halides is 3. The number of carboxylic acid groups (broad SMARTS) is 1. The number of anilines is 1. The highest BCUT2D eigenvalue weighted by Gasteiger charge is 2.38. The second-order valence-electron chi connectivity index (χ2n) is 5.35. The lowest BCUT2D eigenvalue weighted by molar-refractivity contribution is -0.192. The fourth-order valence-electron chi connectivity index (χ4n) is 2.21. The third-order valence-corrected chi connectivity index (χ3v) is 3.54. The van der Waals surface area contributed by atoms with Crippen LogP contribution in [0.1, 0.15) is 30.1 Å². The fourth-order valence-corrected chi connectivity index (χ4v) is 2.21. The van der Waals surface area contributed by atoms with Crippen LogP contribution in [0.15, 0.2) is 24.3 Å². The van der Waals surface area contributed by atoms with Crippen LogP contribution in [0.25, 0.3) is 0 Å². The smallest absolute Gasteiger partial charge is 0.475 e. The maximum absolute atomic E-state index is 11.3. The van der Waals surface area contributed by atoms with Gasteiger partial charge in [0.05, 0.1) is 5.56 Å². The summed E-state index contributed by atoms with van der Waals surface area (Å²) in [4.78, 5) is 22.5. The van der Waals surface area contributed by atoms with Gasteiger partial charge in [0.25, 0.3) is 5.91 Å². The molecular formula is C15H19F3N2O3. The van der Waals surface area contributed by atoms with E-state index in [0.717, 1.165) is 24.7 Å². The van der Waals surface area contributed by atoms with Gasteiger partial charge in [0, 0.05) is 18.8 Å². The number of para-hydroxylation sites is 1. The molecule has 1 aliphatic heterocycles. The van der Waals surface area contributed by atoms with Crippen molar-refractivity contribution in [1.82, 2.24) is 0 Å². The number of hydrogen-bond acceptors (Lipinski definition) is 3. The zero-order chi connectivity index (χ0) is 17.6. The molecule has 0 saturated carbocycles. The second kappa shape index (κ2) is 7.85. The number of benzene rings is 1. The summed E-state index contributed by atoms with van der Waals surface area (Å²) < 4.78 is 31.7. The number of rotatable bonds is 2. The molecule has 128 valence electrons. The third-order valence-electron chi connectivity index (χ3n) is 3.54. The highest BCUT2D eigenvalue weighted by Crippen LogP contribution is 2.25. The van der Waals surface area contributed by atoms with Crippen molar-refractivity contribution in [3.8, 4) is 0 Å². The average Bonchev–Trinajstić information content (AvgIpc) is 2.47. The molecule has 3 N–H and O–H groups in total. The second-order valence-corrected chi connectivity index (χ2v) is 5.35. The van der Waals surface area contributed by atoms with E-state index in [1.54, 1.807) is 6.07 Å². The molecule has 5 nitrogen and oxygen atoms in total. The lowest BCUT2D eigenvalue weighted by atomic mass is 9.98. The number of carbonyl (C=O) groups is 2. The maximum atomic E-state index is 11.3. The summed E-state index contributed by atoms with van der Waals surface area (Å²) in [5, 5.41) is 7.12. The lowest BCUT2D eigenvalue weighted by Crippen LogP contribution is -2.34. The monoisotopic (exact) mass is 332 g/mol. The van der Waals surface area contributed by atoms with Crippen LogP contribution >= 0.6 is 0 Å². The molecule has 0 unspecified atom stereocenters. The number of nitrogens with zero attached hydrogens (tertiary/aromatic N) is 1. The molecule has 1 saturated heterocycles. The van der Waals surface area contributed by atoms with E-state index in [1.807, 2.05) is 18.2 Å². The Morgan fingerprint density at radius 1 is 1.22 bits per heavy atom. The zero-order valence-corrected chi connectivity index (χ0v) is 12.6. The van der Waals surface area contributed by atoms with Crippen LogP contribution in [-0.4, -0.2) is 36.2 Å². The molecule has 8 heteroatoms. The summed E-state index contributed by atoms with van der Waals surface area (Å²) in [6.45, 7) is 4.31. The largest absolute Gasteiger partial charge is 0.490 e. The van der Waals surface area contributed by atoms with E-state index in [4.69, 9.17) is 15.6 Å². The van der Waals surface area contributed by atoms with E-state index in [2.05, 4.69) is 11.8 Å². The van der Waals surface area contributed by atoms with Crippen molar-refractivity contribution in [3.63, 3.8) is 0 Å². The van der Waals surface area contributed by atoms with Gasteiger partial charge in [-0.2, -0.15) is 13.2 Å². The van der Waals surface area contributed by atoms with Crippen LogP contribution in [0.2, 0.25) is 0 Å². The molecule has 23 heavy (non-hydrogen) atoms.